The van der Waals surface area contributed by atoms with Crippen LogP contribution in [0.2, 0.25) is 0 Å². The number of imide groups is 1. The molecule has 4 aromatic rings. The molecule has 4 heterocycles. The highest BCUT2D eigenvalue weighted by Gasteiger charge is 2.54. The Morgan fingerprint density at radius 3 is 1.50 bits per heavy atom. The van der Waals surface area contributed by atoms with Gasteiger partial charge in [0.05, 0.1) is 0 Å². The van der Waals surface area contributed by atoms with E-state index in [-0.39, 0.29) is 24.0 Å². The van der Waals surface area contributed by atoms with Crippen molar-refractivity contribution in [3.05, 3.63) is 128 Å². The van der Waals surface area contributed by atoms with Crippen molar-refractivity contribution in [3.63, 3.8) is 0 Å². The molecule has 4 aliphatic heterocycles. The van der Waals surface area contributed by atoms with Crippen LogP contribution in [0.4, 0.5) is 4.79 Å². The lowest BCUT2D eigenvalue weighted by molar-refractivity contribution is -0.126. The molecule has 46 heavy (non-hydrogen) atoms. The number of carbonyl (C=O) groups excluding carboxylic acids is 3. The van der Waals surface area contributed by atoms with E-state index < -0.39 is 17.1 Å². The van der Waals surface area contributed by atoms with Crippen LogP contribution in [0.5, 0.6) is 11.5 Å². The Balaban J connectivity index is 0.000000147. The van der Waals surface area contributed by atoms with Crippen LogP contribution >= 0.6 is 44.1 Å². The van der Waals surface area contributed by atoms with Crippen LogP contribution in [-0.2, 0) is 20.7 Å². The van der Waals surface area contributed by atoms with Crippen molar-refractivity contribution >= 4 is 67.0 Å². The van der Waals surface area contributed by atoms with Crippen LogP contribution in [-0.4, -0.2) is 23.0 Å². The number of benzene rings is 4. The lowest BCUT2D eigenvalue weighted by atomic mass is 9.80. The molecule has 4 aliphatic rings. The highest BCUT2D eigenvalue weighted by molar-refractivity contribution is 9.10. The van der Waals surface area contributed by atoms with Gasteiger partial charge in [-0.25, -0.2) is 4.79 Å². The molecule has 0 saturated carbocycles. The van der Waals surface area contributed by atoms with Crippen molar-refractivity contribution < 1.29 is 23.9 Å². The Hall–Kier alpha value is -4.26. The van der Waals surface area contributed by atoms with Crippen molar-refractivity contribution in [2.75, 3.05) is 0 Å². The molecule has 8 rings (SSSR count). The number of rotatable bonds is 2. The SMILES string of the molecule is O=C1NC(=O)C2(CC(c3ccccc3)Oc3ccc(Br)cc32)N1.O=C1NC(=S)NC12CC(c1ccccc1)Oc1ccc(Br)cc12. The third-order valence-corrected chi connectivity index (χ3v) is 9.74. The summed E-state index contributed by atoms with van der Waals surface area (Å²) >= 11 is 12.1. The van der Waals surface area contributed by atoms with Gasteiger partial charge in [0, 0.05) is 32.9 Å². The van der Waals surface area contributed by atoms with Gasteiger partial charge in [-0.3, -0.25) is 14.9 Å². The highest BCUT2D eigenvalue weighted by Crippen LogP contribution is 2.48. The van der Waals surface area contributed by atoms with Crippen molar-refractivity contribution in [1.82, 2.24) is 21.3 Å². The number of halogens is 2. The van der Waals surface area contributed by atoms with Crippen LogP contribution in [0.25, 0.3) is 0 Å². The number of urea groups is 1. The first kappa shape index (κ1) is 30.4. The summed E-state index contributed by atoms with van der Waals surface area (Å²) in [5, 5.41) is 11.4. The van der Waals surface area contributed by atoms with Crippen molar-refractivity contribution in [3.8, 4) is 11.5 Å². The number of hydrogen-bond donors (Lipinski definition) is 4. The second kappa shape index (κ2) is 11.8. The number of thiocarbonyl (C=S) groups is 1. The molecule has 0 aromatic heterocycles. The summed E-state index contributed by atoms with van der Waals surface area (Å²) in [5.74, 6) is 0.823. The smallest absolute Gasteiger partial charge is 0.322 e. The molecule has 4 amide bonds. The largest absolute Gasteiger partial charge is 0.485 e. The van der Waals surface area contributed by atoms with Crippen LogP contribution in [0.1, 0.15) is 47.3 Å². The highest BCUT2D eigenvalue weighted by atomic mass is 79.9. The zero-order chi connectivity index (χ0) is 32.1. The average Bonchev–Trinajstić information content (AvgIpc) is 3.50. The molecule has 12 heteroatoms. The van der Waals surface area contributed by atoms with Gasteiger partial charge in [0.25, 0.3) is 11.8 Å². The van der Waals surface area contributed by atoms with Crippen molar-refractivity contribution in [2.45, 2.75) is 36.1 Å². The summed E-state index contributed by atoms with van der Waals surface area (Å²) < 4.78 is 14.0. The predicted octanol–water partition coefficient (Wildman–Crippen LogP) is 6.18. The molecular weight excluding hydrogens is 736 g/mol. The van der Waals surface area contributed by atoms with Gasteiger partial charge in [0.2, 0.25) is 0 Å². The number of fused-ring (bicyclic) bond motifs is 4. The lowest BCUT2D eigenvalue weighted by Crippen LogP contribution is -2.48. The number of ether oxygens (including phenoxy) is 2. The van der Waals surface area contributed by atoms with E-state index in [1.807, 2.05) is 97.1 Å². The lowest BCUT2D eigenvalue weighted by Gasteiger charge is -2.38. The van der Waals surface area contributed by atoms with Gasteiger partial charge in [-0.05, 0) is 59.7 Å². The molecule has 2 fully saturated rings. The van der Waals surface area contributed by atoms with E-state index in [0.29, 0.717) is 35.0 Å². The second-order valence-corrected chi connectivity index (χ2v) is 13.6. The minimum Gasteiger partial charge on any atom is -0.485 e. The normalized spacial score (nSPS) is 25.5. The van der Waals surface area contributed by atoms with E-state index in [9.17, 15) is 14.4 Å². The summed E-state index contributed by atoms with van der Waals surface area (Å²) in [7, 11) is 0. The third-order valence-electron chi connectivity index (χ3n) is 8.55. The minimum absolute atomic E-state index is 0.133. The fourth-order valence-electron chi connectivity index (χ4n) is 6.40. The van der Waals surface area contributed by atoms with E-state index in [0.717, 1.165) is 25.6 Å². The maximum atomic E-state index is 12.7. The average molecular weight is 762 g/mol. The van der Waals surface area contributed by atoms with E-state index in [2.05, 4.69) is 53.1 Å². The van der Waals surface area contributed by atoms with Gasteiger partial charge >= 0.3 is 6.03 Å². The molecule has 0 aliphatic carbocycles. The quantitative estimate of drug-likeness (QED) is 0.142. The zero-order valence-electron chi connectivity index (χ0n) is 24.0. The fraction of sp³-hybridized carbons (Fsp3) is 0.176. The monoisotopic (exact) mass is 760 g/mol. The molecule has 2 saturated heterocycles. The Bertz CT molecular complexity index is 1760. The number of carbonyl (C=O) groups is 3. The fourth-order valence-corrected chi connectivity index (χ4v) is 7.39. The first-order chi connectivity index (χ1) is 22.2. The van der Waals surface area contributed by atoms with Gasteiger partial charge in [-0.15, -0.1) is 0 Å². The van der Waals surface area contributed by atoms with E-state index in [1.165, 1.54) is 0 Å². The molecule has 9 nitrogen and oxygen atoms in total. The van der Waals surface area contributed by atoms with Crippen LogP contribution in [0, 0.1) is 0 Å². The Morgan fingerprint density at radius 1 is 0.630 bits per heavy atom. The van der Waals surface area contributed by atoms with Gasteiger partial charge in [0.15, 0.2) is 16.2 Å². The summed E-state index contributed by atoms with van der Waals surface area (Å²) in [6.07, 6.45) is 0.294. The van der Waals surface area contributed by atoms with Crippen LogP contribution in [0.3, 0.4) is 0 Å². The first-order valence-corrected chi connectivity index (χ1v) is 16.5. The Kier molecular flexibility index (Phi) is 7.82. The van der Waals surface area contributed by atoms with E-state index >= 15 is 0 Å². The molecule has 4 N–H and O–H groups in total. The minimum atomic E-state index is -1.10. The van der Waals surface area contributed by atoms with Gasteiger partial charge in [-0.2, -0.15) is 0 Å². The number of amides is 4. The molecule has 4 unspecified atom stereocenters. The standard InChI is InChI=1S/C17H13BrN2O3.C17H13BrN2O2S/c18-11-6-7-13-12(8-11)17(15(21)19-16(22)20-17)9-14(23-13)10-4-2-1-3-5-10;18-11-6-7-13-12(8-11)17(15(21)19-16(23)20-17)9-14(22-13)10-4-2-1-3-5-10/h1-8,14H,9H2,(H2,19,20,21,22);1-8,14H,9H2,(H2,19,20,21,23). The first-order valence-electron chi connectivity index (χ1n) is 14.5. The second-order valence-electron chi connectivity index (χ2n) is 11.4. The maximum Gasteiger partial charge on any atom is 0.322 e. The van der Waals surface area contributed by atoms with Gasteiger partial charge in [0.1, 0.15) is 23.7 Å². The van der Waals surface area contributed by atoms with Crippen LogP contribution in [0.15, 0.2) is 106 Å². The molecule has 0 radical (unpaired) electrons. The maximum absolute atomic E-state index is 12.7. The molecule has 232 valence electrons. The summed E-state index contributed by atoms with van der Waals surface area (Å²) in [4.78, 5) is 37.0. The van der Waals surface area contributed by atoms with Gasteiger partial charge in [-0.1, -0.05) is 92.5 Å². The zero-order valence-corrected chi connectivity index (χ0v) is 28.0. The predicted molar refractivity (Wildman–Crippen MR) is 181 cm³/mol. The number of hydrogen-bond acceptors (Lipinski definition) is 6. The summed E-state index contributed by atoms with van der Waals surface area (Å²) in [6.45, 7) is 0. The van der Waals surface area contributed by atoms with Crippen LogP contribution < -0.4 is 30.7 Å². The van der Waals surface area contributed by atoms with Crippen molar-refractivity contribution in [1.29, 1.82) is 0 Å². The molecule has 4 atom stereocenters. The van der Waals surface area contributed by atoms with Gasteiger partial charge < -0.3 is 25.4 Å². The summed E-state index contributed by atoms with van der Waals surface area (Å²) in [6, 6.07) is 30.3. The molecular formula is C34H26Br2N4O5S. The third kappa shape index (κ3) is 5.33. The van der Waals surface area contributed by atoms with E-state index in [1.54, 1.807) is 0 Å². The number of nitrogens with one attached hydrogen (secondary N) is 4. The topological polar surface area (TPSA) is 118 Å². The Labute approximate surface area is 286 Å². The molecule has 2 spiro atoms. The van der Waals surface area contributed by atoms with E-state index in [4.69, 9.17) is 21.7 Å². The Morgan fingerprint density at radius 2 is 1.09 bits per heavy atom. The summed E-state index contributed by atoms with van der Waals surface area (Å²) in [5.41, 5.74) is 1.48. The van der Waals surface area contributed by atoms with Crippen molar-refractivity contribution in [2.24, 2.45) is 0 Å². The molecule has 4 aromatic carbocycles. The molecule has 0 bridgehead atoms.